The summed E-state index contributed by atoms with van der Waals surface area (Å²) in [6.45, 7) is 7.47. The lowest BCUT2D eigenvalue weighted by atomic mass is 10.0. The zero-order valence-corrected chi connectivity index (χ0v) is 25.7. The average molecular weight is 595 g/mol. The molecular formula is C29H41Cl2N5O4. The van der Waals surface area contributed by atoms with Crippen molar-refractivity contribution in [1.29, 1.82) is 0 Å². The molecule has 1 N–H and O–H groups in total. The second kappa shape index (κ2) is 16.4. The Morgan fingerprint density at radius 3 is 2.33 bits per heavy atom. The third-order valence-electron chi connectivity index (χ3n) is 6.58. The molecule has 0 bridgehead atoms. The summed E-state index contributed by atoms with van der Waals surface area (Å²) in [6.07, 6.45) is 1.48. The van der Waals surface area contributed by atoms with Gasteiger partial charge in [0.1, 0.15) is 18.0 Å². The molecule has 0 radical (unpaired) electrons. The quantitative estimate of drug-likeness (QED) is 0.456. The van der Waals surface area contributed by atoms with Gasteiger partial charge in [-0.15, -0.1) is 0 Å². The fourth-order valence-electron chi connectivity index (χ4n) is 4.68. The van der Waals surface area contributed by atoms with E-state index in [4.69, 9.17) is 27.9 Å². The van der Waals surface area contributed by atoms with Crippen molar-refractivity contribution in [2.45, 2.75) is 58.9 Å². The Kier molecular flexibility index (Phi) is 13.7. The predicted octanol–water partition coefficient (Wildman–Crippen LogP) is 4.42. The molecule has 2 fully saturated rings. The van der Waals surface area contributed by atoms with E-state index in [2.05, 4.69) is 17.4 Å². The molecule has 11 heteroatoms. The Hall–Kier alpha value is -2.85. The highest BCUT2D eigenvalue weighted by Crippen LogP contribution is 2.29. The number of carbonyl (C=O) groups excluding carboxylic acids is 3. The summed E-state index contributed by atoms with van der Waals surface area (Å²) in [5, 5.41) is 7.15. The number of likely N-dealkylation sites (N-methyl/N-ethyl adjacent to an activating group) is 1. The summed E-state index contributed by atoms with van der Waals surface area (Å²) in [5.74, 6) is 0.643. The summed E-state index contributed by atoms with van der Waals surface area (Å²) in [7, 11) is 5.30. The van der Waals surface area contributed by atoms with Crippen molar-refractivity contribution >= 4 is 41.4 Å². The molecule has 2 saturated heterocycles. The lowest BCUT2D eigenvalue weighted by Gasteiger charge is -2.53. The van der Waals surface area contributed by atoms with E-state index in [1.54, 1.807) is 47.2 Å². The zero-order valence-electron chi connectivity index (χ0n) is 24.2. The molecule has 2 aliphatic heterocycles. The first kappa shape index (κ1) is 33.4. The molecule has 40 heavy (non-hydrogen) atoms. The minimum atomic E-state index is -0.580. The third kappa shape index (κ3) is 8.33. The first-order chi connectivity index (χ1) is 19.2. The van der Waals surface area contributed by atoms with Crippen LogP contribution >= 0.6 is 23.2 Å². The number of halogens is 2. The Labute approximate surface area is 247 Å². The van der Waals surface area contributed by atoms with Crippen LogP contribution in [-0.4, -0.2) is 84.5 Å². The minimum Gasteiger partial charge on any atom is -0.497 e. The highest BCUT2D eigenvalue weighted by atomic mass is 35.5. The first-order valence-corrected chi connectivity index (χ1v) is 14.3. The average Bonchev–Trinajstić information content (AvgIpc) is 2.94. The number of hydrogen-bond donors (Lipinski definition) is 1. The molecule has 4 rings (SSSR count). The van der Waals surface area contributed by atoms with Gasteiger partial charge in [0.15, 0.2) is 0 Å². The van der Waals surface area contributed by atoms with Crippen molar-refractivity contribution in [1.82, 2.24) is 25.1 Å². The van der Waals surface area contributed by atoms with Gasteiger partial charge in [0.05, 0.1) is 20.2 Å². The van der Waals surface area contributed by atoms with Crippen molar-refractivity contribution in [2.75, 3.05) is 34.3 Å². The van der Waals surface area contributed by atoms with Gasteiger partial charge in [0, 0.05) is 30.2 Å². The van der Waals surface area contributed by atoms with Gasteiger partial charge in [-0.05, 0) is 48.9 Å². The minimum absolute atomic E-state index is 0.0751. The molecule has 2 atom stereocenters. The number of rotatable bonds is 8. The molecule has 0 spiro atoms. The SMILES string of the molecule is CC.CCC[C@H]1C(=O)N(Cc2ccc(Cl)cc2Cl)CC2N1C(=O)CN(C)N2C=O.CNCc1ccc(OC)cc1. The predicted molar refractivity (Wildman–Crippen MR) is 159 cm³/mol. The van der Waals surface area contributed by atoms with Crippen LogP contribution < -0.4 is 10.1 Å². The summed E-state index contributed by atoms with van der Waals surface area (Å²) >= 11 is 12.2. The maximum absolute atomic E-state index is 13.1. The van der Waals surface area contributed by atoms with E-state index in [1.807, 2.05) is 40.0 Å². The van der Waals surface area contributed by atoms with Crippen LogP contribution in [0.2, 0.25) is 10.0 Å². The monoisotopic (exact) mass is 593 g/mol. The number of nitrogens with zero attached hydrogens (tertiary/aromatic N) is 4. The highest BCUT2D eigenvalue weighted by Gasteiger charge is 2.48. The van der Waals surface area contributed by atoms with E-state index in [-0.39, 0.29) is 24.9 Å². The van der Waals surface area contributed by atoms with Crippen molar-refractivity contribution in [3.8, 4) is 5.75 Å². The molecule has 9 nitrogen and oxygen atoms in total. The Bertz CT molecular complexity index is 1120. The van der Waals surface area contributed by atoms with Gasteiger partial charge in [-0.2, -0.15) is 0 Å². The first-order valence-electron chi connectivity index (χ1n) is 13.5. The molecular weight excluding hydrogens is 553 g/mol. The van der Waals surface area contributed by atoms with Crippen molar-refractivity contribution in [3.63, 3.8) is 0 Å². The van der Waals surface area contributed by atoms with E-state index in [1.165, 1.54) is 10.6 Å². The second-order valence-corrected chi connectivity index (χ2v) is 10.1. The smallest absolute Gasteiger partial charge is 0.245 e. The molecule has 2 aliphatic rings. The number of piperazine rings is 1. The number of ether oxygens (including phenoxy) is 1. The lowest BCUT2D eigenvalue weighted by molar-refractivity contribution is -0.197. The fourth-order valence-corrected chi connectivity index (χ4v) is 5.15. The van der Waals surface area contributed by atoms with Gasteiger partial charge >= 0.3 is 0 Å². The number of fused-ring (bicyclic) bond motifs is 1. The second-order valence-electron chi connectivity index (χ2n) is 9.22. The van der Waals surface area contributed by atoms with E-state index < -0.39 is 12.2 Å². The molecule has 3 amide bonds. The number of methoxy groups -OCH3 is 1. The van der Waals surface area contributed by atoms with E-state index in [0.29, 0.717) is 29.4 Å². The molecule has 1 unspecified atom stereocenters. The van der Waals surface area contributed by atoms with Gasteiger partial charge in [-0.25, -0.2) is 5.01 Å². The van der Waals surface area contributed by atoms with Gasteiger partial charge in [0.2, 0.25) is 18.2 Å². The Morgan fingerprint density at radius 2 is 1.77 bits per heavy atom. The largest absolute Gasteiger partial charge is 0.497 e. The van der Waals surface area contributed by atoms with E-state index >= 15 is 0 Å². The Balaban J connectivity index is 0.000000360. The number of benzene rings is 2. The standard InChI is InChI=1S/C18H22Cl2N4O3.C9H13NO.C2H6/c1-3-4-15-18(27)22(8-12-5-6-13(19)7-14(12)20)9-16-23(11-25)21(2)10-17(26)24(15)16;1-10-7-8-3-5-9(11-2)6-4-8;1-2/h5-7,11,15-16H,3-4,8-10H2,1-2H3;3-6,10H,7H2,1-2H3;1-2H3/t15-,16?;;/m0../s1. The van der Waals surface area contributed by atoms with Crippen molar-refractivity contribution in [2.24, 2.45) is 0 Å². The molecule has 2 aromatic carbocycles. The number of hydrogen-bond acceptors (Lipinski definition) is 6. The number of nitrogens with one attached hydrogen (secondary N) is 1. The summed E-state index contributed by atoms with van der Waals surface area (Å²) in [5.41, 5.74) is 2.04. The van der Waals surface area contributed by atoms with E-state index in [0.717, 1.165) is 24.3 Å². The highest BCUT2D eigenvalue weighted by molar-refractivity contribution is 6.35. The number of hydrazine groups is 1. The molecule has 2 aromatic rings. The van der Waals surface area contributed by atoms with Crippen LogP contribution in [0.4, 0.5) is 0 Å². The molecule has 0 saturated carbocycles. The molecule has 0 aliphatic carbocycles. The topological polar surface area (TPSA) is 85.4 Å². The van der Waals surface area contributed by atoms with Crippen LogP contribution in [0.5, 0.6) is 5.75 Å². The Morgan fingerprint density at radius 1 is 1.10 bits per heavy atom. The zero-order chi connectivity index (χ0) is 29.8. The van der Waals surface area contributed by atoms with Gasteiger partial charge < -0.3 is 19.9 Å². The van der Waals surface area contributed by atoms with Crippen LogP contribution in [0, 0.1) is 0 Å². The number of amides is 3. The normalized spacial score (nSPS) is 18.8. The van der Waals surface area contributed by atoms with E-state index in [9.17, 15) is 14.4 Å². The van der Waals surface area contributed by atoms with Gasteiger partial charge in [-0.1, -0.05) is 68.6 Å². The van der Waals surface area contributed by atoms with Crippen LogP contribution in [0.3, 0.4) is 0 Å². The van der Waals surface area contributed by atoms with Crippen molar-refractivity contribution < 1.29 is 19.1 Å². The van der Waals surface area contributed by atoms with Gasteiger partial charge in [-0.3, -0.25) is 19.4 Å². The molecule has 0 aromatic heterocycles. The summed E-state index contributed by atoms with van der Waals surface area (Å²) < 4.78 is 5.03. The fraction of sp³-hybridized carbons (Fsp3) is 0.483. The maximum Gasteiger partial charge on any atom is 0.245 e. The van der Waals surface area contributed by atoms with Gasteiger partial charge in [0.25, 0.3) is 0 Å². The maximum atomic E-state index is 13.1. The summed E-state index contributed by atoms with van der Waals surface area (Å²) in [6, 6.07) is 12.6. The van der Waals surface area contributed by atoms with Crippen LogP contribution in [-0.2, 0) is 27.5 Å². The van der Waals surface area contributed by atoms with Crippen molar-refractivity contribution in [3.05, 3.63) is 63.6 Å². The molecule has 2 heterocycles. The van der Waals surface area contributed by atoms with Crippen LogP contribution in [0.1, 0.15) is 44.7 Å². The number of carbonyl (C=O) groups is 3. The van der Waals surface area contributed by atoms with Crippen LogP contribution in [0.15, 0.2) is 42.5 Å². The third-order valence-corrected chi connectivity index (χ3v) is 7.16. The summed E-state index contributed by atoms with van der Waals surface area (Å²) in [4.78, 5) is 40.6. The van der Waals surface area contributed by atoms with Crippen LogP contribution in [0.25, 0.3) is 0 Å². The lowest BCUT2D eigenvalue weighted by Crippen LogP contribution is -2.73. The molecule has 220 valence electrons.